The van der Waals surface area contributed by atoms with Crippen LogP contribution in [0.25, 0.3) is 0 Å². The number of benzene rings is 2. The van der Waals surface area contributed by atoms with Crippen molar-refractivity contribution in [3.05, 3.63) is 78.4 Å². The van der Waals surface area contributed by atoms with Crippen molar-refractivity contribution in [1.82, 2.24) is 0 Å². The molecule has 1 unspecified atom stereocenters. The molecule has 150 valence electrons. The lowest BCUT2D eigenvalue weighted by Crippen LogP contribution is -2.18. The number of unbranched alkanes of at least 4 members (excludes halogenated alkanes) is 1. The van der Waals surface area contributed by atoms with E-state index in [0.29, 0.717) is 16.9 Å². The van der Waals surface area contributed by atoms with Crippen LogP contribution in [0.2, 0.25) is 0 Å². The first-order chi connectivity index (χ1) is 13.5. The Hall–Kier alpha value is -1.67. The number of halogens is 1. The molecule has 0 aromatic heterocycles. The SMILES string of the molecule is O=C(OC(C/C=C/CS(=O)(=O)c1ccccc1)CCCCI)c1ccccc1. The van der Waals surface area contributed by atoms with Gasteiger partial charge in [0.1, 0.15) is 6.10 Å². The van der Waals surface area contributed by atoms with Crippen molar-refractivity contribution < 1.29 is 17.9 Å². The zero-order chi connectivity index (χ0) is 20.2. The van der Waals surface area contributed by atoms with Gasteiger partial charge in [-0.05, 0) is 48.0 Å². The molecule has 0 aliphatic rings. The number of carbonyl (C=O) groups excluding carboxylic acids is 1. The molecule has 0 saturated heterocycles. The minimum atomic E-state index is -3.34. The Kier molecular flexibility index (Phi) is 9.70. The number of rotatable bonds is 11. The molecular formula is C22H25IO4S. The van der Waals surface area contributed by atoms with Gasteiger partial charge in [0.05, 0.1) is 16.2 Å². The first-order valence-electron chi connectivity index (χ1n) is 9.28. The maximum atomic E-state index is 12.3. The van der Waals surface area contributed by atoms with Gasteiger partial charge < -0.3 is 4.74 Å². The second kappa shape index (κ2) is 12.0. The summed E-state index contributed by atoms with van der Waals surface area (Å²) >= 11 is 2.33. The zero-order valence-electron chi connectivity index (χ0n) is 15.7. The largest absolute Gasteiger partial charge is 0.458 e. The highest BCUT2D eigenvalue weighted by molar-refractivity contribution is 14.1. The molecule has 6 heteroatoms. The van der Waals surface area contributed by atoms with Crippen LogP contribution in [-0.4, -0.2) is 30.7 Å². The van der Waals surface area contributed by atoms with Gasteiger partial charge in [0.15, 0.2) is 9.84 Å². The van der Waals surface area contributed by atoms with E-state index in [-0.39, 0.29) is 17.8 Å². The average molecular weight is 512 g/mol. The molecule has 0 saturated carbocycles. The van der Waals surface area contributed by atoms with Gasteiger partial charge >= 0.3 is 5.97 Å². The van der Waals surface area contributed by atoms with E-state index in [1.54, 1.807) is 66.7 Å². The summed E-state index contributed by atoms with van der Waals surface area (Å²) in [6, 6.07) is 17.3. The third kappa shape index (κ3) is 7.75. The highest BCUT2D eigenvalue weighted by Crippen LogP contribution is 2.15. The molecule has 0 spiro atoms. The molecular weight excluding hydrogens is 487 g/mol. The lowest BCUT2D eigenvalue weighted by molar-refractivity contribution is 0.0284. The van der Waals surface area contributed by atoms with Crippen LogP contribution in [0.3, 0.4) is 0 Å². The summed E-state index contributed by atoms with van der Waals surface area (Å²) < 4.78 is 31.3. The lowest BCUT2D eigenvalue weighted by Gasteiger charge is -2.16. The minimum Gasteiger partial charge on any atom is -0.458 e. The van der Waals surface area contributed by atoms with Gasteiger partial charge in [-0.3, -0.25) is 0 Å². The maximum absolute atomic E-state index is 12.3. The zero-order valence-corrected chi connectivity index (χ0v) is 18.6. The summed E-state index contributed by atoms with van der Waals surface area (Å²) in [6.07, 6.45) is 6.47. The number of hydrogen-bond donors (Lipinski definition) is 0. The van der Waals surface area contributed by atoms with E-state index < -0.39 is 9.84 Å². The van der Waals surface area contributed by atoms with E-state index in [4.69, 9.17) is 4.74 Å². The van der Waals surface area contributed by atoms with Gasteiger partial charge in [0.2, 0.25) is 0 Å². The fourth-order valence-corrected chi connectivity index (χ4v) is 4.34. The first-order valence-corrected chi connectivity index (χ1v) is 12.5. The highest BCUT2D eigenvalue weighted by atomic mass is 127. The van der Waals surface area contributed by atoms with Gasteiger partial charge in [-0.2, -0.15) is 0 Å². The van der Waals surface area contributed by atoms with E-state index in [0.717, 1.165) is 23.7 Å². The Balaban J connectivity index is 1.94. The fraction of sp³-hybridized carbons (Fsp3) is 0.318. The quantitative estimate of drug-likeness (QED) is 0.136. The molecule has 0 amide bonds. The van der Waals surface area contributed by atoms with Crippen molar-refractivity contribution in [2.45, 2.75) is 36.7 Å². The van der Waals surface area contributed by atoms with Gasteiger partial charge in [-0.1, -0.05) is 71.1 Å². The van der Waals surface area contributed by atoms with Crippen LogP contribution in [0.5, 0.6) is 0 Å². The summed E-state index contributed by atoms with van der Waals surface area (Å²) in [5.74, 6) is -0.408. The fourth-order valence-electron chi connectivity index (χ4n) is 2.65. The molecule has 4 nitrogen and oxygen atoms in total. The van der Waals surface area contributed by atoms with Crippen LogP contribution in [0.1, 0.15) is 36.0 Å². The molecule has 2 rings (SSSR count). The standard InChI is InChI=1S/C22H25IO4S/c23-17-9-7-13-20(27-22(24)19-11-3-1-4-12-19)14-8-10-18-28(25,26)21-15-5-2-6-16-21/h1-6,8,10-12,15-16,20H,7,9,13-14,17-18H2/b10-8+. The predicted molar refractivity (Wildman–Crippen MR) is 121 cm³/mol. The summed E-state index contributed by atoms with van der Waals surface area (Å²) in [7, 11) is -3.34. The summed E-state index contributed by atoms with van der Waals surface area (Å²) in [5.41, 5.74) is 0.525. The third-order valence-corrected chi connectivity index (χ3v) is 6.56. The monoisotopic (exact) mass is 512 g/mol. The molecule has 0 aliphatic heterocycles. The van der Waals surface area contributed by atoms with Gasteiger partial charge in [-0.25, -0.2) is 13.2 Å². The Bertz CT molecular complexity index is 849. The van der Waals surface area contributed by atoms with E-state index >= 15 is 0 Å². The van der Waals surface area contributed by atoms with Gasteiger partial charge in [-0.15, -0.1) is 0 Å². The smallest absolute Gasteiger partial charge is 0.338 e. The van der Waals surface area contributed by atoms with Crippen LogP contribution in [0.4, 0.5) is 0 Å². The summed E-state index contributed by atoms with van der Waals surface area (Å²) in [4.78, 5) is 12.6. The maximum Gasteiger partial charge on any atom is 0.338 e. The summed E-state index contributed by atoms with van der Waals surface area (Å²) in [5, 5.41) is 0. The van der Waals surface area contributed by atoms with Crippen molar-refractivity contribution in [3.8, 4) is 0 Å². The lowest BCUT2D eigenvalue weighted by atomic mass is 10.1. The highest BCUT2D eigenvalue weighted by Gasteiger charge is 2.15. The molecule has 0 aliphatic carbocycles. The number of sulfone groups is 1. The Morgan fingerprint density at radius 2 is 1.61 bits per heavy atom. The van der Waals surface area contributed by atoms with Crippen LogP contribution < -0.4 is 0 Å². The summed E-state index contributed by atoms with van der Waals surface area (Å²) in [6.45, 7) is 0. The molecule has 2 aromatic rings. The van der Waals surface area contributed by atoms with Crippen molar-refractivity contribution in [2.24, 2.45) is 0 Å². The van der Waals surface area contributed by atoms with Crippen molar-refractivity contribution in [2.75, 3.05) is 10.2 Å². The molecule has 1 atom stereocenters. The van der Waals surface area contributed by atoms with Crippen molar-refractivity contribution in [1.29, 1.82) is 0 Å². The number of alkyl halides is 1. The minimum absolute atomic E-state index is 0.0654. The molecule has 0 bridgehead atoms. The molecule has 0 heterocycles. The molecule has 0 N–H and O–H groups in total. The second-order valence-corrected chi connectivity index (χ2v) is 9.49. The molecule has 0 fully saturated rings. The van der Waals surface area contributed by atoms with Crippen LogP contribution in [0.15, 0.2) is 77.7 Å². The van der Waals surface area contributed by atoms with E-state index in [1.807, 2.05) is 6.07 Å². The molecule has 0 radical (unpaired) electrons. The number of ether oxygens (including phenoxy) is 1. The van der Waals surface area contributed by atoms with Crippen LogP contribution in [-0.2, 0) is 14.6 Å². The van der Waals surface area contributed by atoms with Crippen LogP contribution in [0, 0.1) is 0 Å². The number of carbonyl (C=O) groups is 1. The Morgan fingerprint density at radius 3 is 2.25 bits per heavy atom. The average Bonchev–Trinajstić information content (AvgIpc) is 2.72. The van der Waals surface area contributed by atoms with Crippen molar-refractivity contribution >= 4 is 38.4 Å². The predicted octanol–water partition coefficient (Wildman–Crippen LogP) is 5.24. The van der Waals surface area contributed by atoms with E-state index in [2.05, 4.69) is 22.6 Å². The first kappa shape index (κ1) is 22.6. The third-order valence-electron chi connectivity index (χ3n) is 4.18. The van der Waals surface area contributed by atoms with Gasteiger partial charge in [0, 0.05) is 6.42 Å². The van der Waals surface area contributed by atoms with E-state index in [1.165, 1.54) is 0 Å². The second-order valence-electron chi connectivity index (χ2n) is 6.38. The van der Waals surface area contributed by atoms with Gasteiger partial charge in [0.25, 0.3) is 0 Å². The Morgan fingerprint density at radius 1 is 0.964 bits per heavy atom. The van der Waals surface area contributed by atoms with Crippen LogP contribution >= 0.6 is 22.6 Å². The van der Waals surface area contributed by atoms with Crippen molar-refractivity contribution in [3.63, 3.8) is 0 Å². The normalized spacial score (nSPS) is 12.8. The molecule has 2 aromatic carbocycles. The topological polar surface area (TPSA) is 60.4 Å². The van der Waals surface area contributed by atoms with E-state index in [9.17, 15) is 13.2 Å². The Labute approximate surface area is 181 Å². The molecule has 28 heavy (non-hydrogen) atoms. The number of esters is 1. The number of hydrogen-bond acceptors (Lipinski definition) is 4.